The fourth-order valence-electron chi connectivity index (χ4n) is 0. The Labute approximate surface area is 61.6 Å². The van der Waals surface area contributed by atoms with E-state index in [0.717, 1.165) is 0 Å². The Kier molecular flexibility index (Phi) is 9.18. The van der Waals surface area contributed by atoms with Gasteiger partial charge in [0.2, 0.25) is 0 Å². The summed E-state index contributed by atoms with van der Waals surface area (Å²) < 4.78 is 56.7. The van der Waals surface area contributed by atoms with E-state index >= 15 is 0 Å². The summed E-state index contributed by atoms with van der Waals surface area (Å²) in [5, 5.41) is 0. The third kappa shape index (κ3) is 222. The second-order valence-corrected chi connectivity index (χ2v) is 3.03. The van der Waals surface area contributed by atoms with Gasteiger partial charge in [-0.15, -0.1) is 0 Å². The normalized spacial score (nSPS) is 8.50. The molecule has 0 spiro atoms. The molecule has 2 nitrogen and oxygen atoms in total. The minimum absolute atomic E-state index is 2.27. The molecule has 0 aromatic carbocycles. The Morgan fingerprint density at radius 2 is 1.00 bits per heavy atom. The van der Waals surface area contributed by atoms with Gasteiger partial charge in [-0.1, -0.05) is 0 Å². The second kappa shape index (κ2) is 6.21. The molecule has 0 atom stereocenters. The van der Waals surface area contributed by atoms with Crippen molar-refractivity contribution >= 4 is 0 Å². The Morgan fingerprint density at radius 3 is 1.00 bits per heavy atom. The molecule has 0 aliphatic heterocycles. The van der Waals surface area contributed by atoms with Crippen molar-refractivity contribution in [3.05, 3.63) is 0 Å². The van der Waals surface area contributed by atoms with Gasteiger partial charge in [-0.2, -0.15) is 0 Å². The van der Waals surface area contributed by atoms with E-state index in [1.54, 1.807) is 0 Å². The molecule has 0 aromatic heterocycles. The molecule has 8 heavy (non-hydrogen) atoms. The first-order chi connectivity index (χ1) is 3.41. The van der Waals surface area contributed by atoms with Gasteiger partial charge >= 0.3 is 62.1 Å². The number of halogens is 4. The third-order valence-electron chi connectivity index (χ3n) is 0. The topological polar surface area (TPSA) is 34.1 Å². The van der Waals surface area contributed by atoms with Gasteiger partial charge in [-0.3, -0.25) is 0 Å². The van der Waals surface area contributed by atoms with Crippen LogP contribution in [0, 0.1) is 0 Å². The summed E-state index contributed by atoms with van der Waals surface area (Å²) in [6.45, 7) is 0. The summed E-state index contributed by atoms with van der Waals surface area (Å²) in [7, 11) is 0. The van der Waals surface area contributed by atoms with Gasteiger partial charge in [0.1, 0.15) is 0 Å². The number of hydrogen-bond acceptors (Lipinski definition) is 2. The number of hydrogen-bond donors (Lipinski definition) is 0. The molecule has 0 aliphatic rings. The molecule has 0 heterocycles. The monoisotopic (exact) mass is 288 g/mol. The standard InChI is InChI=1S/4FH.2O.2Zr/h4*1H;;;;/q;;;;;;;+4/p-4. The first-order valence-corrected chi connectivity index (χ1v) is 6.89. The van der Waals surface area contributed by atoms with Crippen LogP contribution in [0.5, 0.6) is 0 Å². The first-order valence-electron chi connectivity index (χ1n) is 1.16. The SMILES string of the molecule is [F][Zr]([F])([F])[F].[O]=[Zr]=[O]. The van der Waals surface area contributed by atoms with Crippen LogP contribution in [0.3, 0.4) is 0 Å². The van der Waals surface area contributed by atoms with Crippen molar-refractivity contribution in [1.82, 2.24) is 0 Å². The Bertz CT molecular complexity index is 72.5. The van der Waals surface area contributed by atoms with Gasteiger partial charge in [0.05, 0.1) is 0 Å². The van der Waals surface area contributed by atoms with Crippen LogP contribution in [0.1, 0.15) is 0 Å². The minimum atomic E-state index is -7.18. The molecule has 0 N–H and O–H groups in total. The van der Waals surface area contributed by atoms with E-state index in [2.05, 4.69) is 0 Å². The van der Waals surface area contributed by atoms with Crippen LogP contribution in [-0.4, -0.2) is 0 Å². The molecule has 0 radical (unpaired) electrons. The van der Waals surface area contributed by atoms with E-state index < -0.39 is 45.9 Å². The van der Waals surface area contributed by atoms with Crippen LogP contribution in [0.15, 0.2) is 0 Å². The van der Waals surface area contributed by atoms with Gasteiger partial charge in [0.25, 0.3) is 0 Å². The average molecular weight is 290 g/mol. The van der Waals surface area contributed by atoms with Gasteiger partial charge in [0.15, 0.2) is 0 Å². The fraction of sp³-hybridized carbons (Fsp3) is 0. The van der Waals surface area contributed by atoms with E-state index in [1.165, 1.54) is 0 Å². The summed E-state index contributed by atoms with van der Waals surface area (Å²) in [5.41, 5.74) is 0. The van der Waals surface area contributed by atoms with E-state index in [0.29, 0.717) is 0 Å². The van der Waals surface area contributed by atoms with Crippen molar-refractivity contribution in [1.29, 1.82) is 0 Å². The molecule has 0 saturated heterocycles. The van der Waals surface area contributed by atoms with Gasteiger partial charge in [-0.25, -0.2) is 0 Å². The van der Waals surface area contributed by atoms with Crippen LogP contribution in [0.4, 0.5) is 10.5 Å². The van der Waals surface area contributed by atoms with Crippen LogP contribution >= 0.6 is 0 Å². The summed E-state index contributed by atoms with van der Waals surface area (Å²) in [4.78, 5) is 0. The predicted octanol–water partition coefficient (Wildman–Crippen LogP) is 1.44. The quantitative estimate of drug-likeness (QED) is 0.633. The van der Waals surface area contributed by atoms with Gasteiger partial charge in [0, 0.05) is 0 Å². The van der Waals surface area contributed by atoms with Crippen molar-refractivity contribution < 1.29 is 62.1 Å². The van der Waals surface area contributed by atoms with Crippen molar-refractivity contribution in [3.63, 3.8) is 0 Å². The molecule has 0 amide bonds. The van der Waals surface area contributed by atoms with Crippen molar-refractivity contribution in [2.75, 3.05) is 0 Å². The fourth-order valence-corrected chi connectivity index (χ4v) is 0. The molecular weight excluding hydrogens is 290 g/mol. The molecule has 0 unspecified atom stereocenters. The average Bonchev–Trinajstić information content (AvgIpc) is 1.27. The van der Waals surface area contributed by atoms with Crippen molar-refractivity contribution in [2.24, 2.45) is 0 Å². The van der Waals surface area contributed by atoms with Gasteiger partial charge in [-0.05, 0) is 0 Å². The zero-order valence-electron chi connectivity index (χ0n) is 3.33. The zero-order chi connectivity index (χ0) is 7.21. The third-order valence-corrected chi connectivity index (χ3v) is 0. The Balaban J connectivity index is 0. The van der Waals surface area contributed by atoms with Crippen LogP contribution in [-0.2, 0) is 51.6 Å². The van der Waals surface area contributed by atoms with Gasteiger partial charge < -0.3 is 0 Å². The number of rotatable bonds is 0. The molecule has 48 valence electrons. The molecule has 0 rings (SSSR count). The summed E-state index contributed by atoms with van der Waals surface area (Å²) >= 11 is -9.45. The Hall–Kier alpha value is 1.09. The van der Waals surface area contributed by atoms with E-state index in [1.807, 2.05) is 0 Å². The maximum atomic E-state index is 9.90. The second-order valence-electron chi connectivity index (χ2n) is 0.512. The summed E-state index contributed by atoms with van der Waals surface area (Å²) in [6, 6.07) is 0. The van der Waals surface area contributed by atoms with Crippen molar-refractivity contribution in [2.45, 2.75) is 0 Å². The van der Waals surface area contributed by atoms with Crippen LogP contribution in [0.25, 0.3) is 0 Å². The van der Waals surface area contributed by atoms with E-state index in [9.17, 15) is 10.5 Å². The van der Waals surface area contributed by atoms with Crippen LogP contribution in [0.2, 0.25) is 0 Å². The summed E-state index contributed by atoms with van der Waals surface area (Å²) in [6.07, 6.45) is 0. The molecule has 0 fully saturated rings. The molecule has 0 aliphatic carbocycles. The maximum absolute atomic E-state index is 9.90. The van der Waals surface area contributed by atoms with Crippen LogP contribution < -0.4 is 0 Å². The molecule has 8 heteroatoms. The van der Waals surface area contributed by atoms with Crippen molar-refractivity contribution in [3.8, 4) is 0 Å². The first kappa shape index (κ1) is 11.8. The summed E-state index contributed by atoms with van der Waals surface area (Å²) in [5.74, 6) is 0. The van der Waals surface area contributed by atoms with E-state index in [-0.39, 0.29) is 0 Å². The Morgan fingerprint density at radius 1 is 1.00 bits per heavy atom. The zero-order valence-corrected chi connectivity index (χ0v) is 8.24. The molecule has 0 aromatic rings. The molecule has 0 bridgehead atoms. The molecule has 0 saturated carbocycles. The van der Waals surface area contributed by atoms with E-state index in [4.69, 9.17) is 5.63 Å². The predicted molar refractivity (Wildman–Crippen MR) is 5.80 cm³/mol. The molecular formula is F4O2Zr2.